The highest BCUT2D eigenvalue weighted by molar-refractivity contribution is 7.89. The molecule has 12 heteroatoms. The first-order chi connectivity index (χ1) is 16.0. The maximum absolute atomic E-state index is 13.0. The summed E-state index contributed by atoms with van der Waals surface area (Å²) in [4.78, 5) is 12.0. The van der Waals surface area contributed by atoms with Crippen LogP contribution in [0.15, 0.2) is 53.4 Å². The second-order valence-corrected chi connectivity index (χ2v) is 10.4. The Kier molecular flexibility index (Phi) is 8.05. The predicted octanol–water partition coefficient (Wildman–Crippen LogP) is 4.96. The van der Waals surface area contributed by atoms with Crippen LogP contribution < -0.4 is 5.32 Å². The highest BCUT2D eigenvalue weighted by atomic mass is 32.2. The van der Waals surface area contributed by atoms with Gasteiger partial charge in [-0.2, -0.15) is 17.5 Å². The minimum Gasteiger partial charge on any atom is -0.300 e. The van der Waals surface area contributed by atoms with Crippen LogP contribution in [0.4, 0.5) is 18.3 Å². The van der Waals surface area contributed by atoms with Crippen molar-refractivity contribution in [1.82, 2.24) is 14.5 Å². The number of hydrogen-bond acceptors (Lipinski definition) is 6. The maximum atomic E-state index is 13.0. The summed E-state index contributed by atoms with van der Waals surface area (Å²) in [5, 5.41) is 11.5. The summed E-state index contributed by atoms with van der Waals surface area (Å²) in [5.41, 5.74) is 0.860. The molecule has 1 heterocycles. The van der Waals surface area contributed by atoms with Crippen molar-refractivity contribution in [2.24, 2.45) is 0 Å². The van der Waals surface area contributed by atoms with E-state index in [-0.39, 0.29) is 24.6 Å². The molecule has 0 radical (unpaired) electrons. The fourth-order valence-electron chi connectivity index (χ4n) is 3.16. The van der Waals surface area contributed by atoms with Crippen LogP contribution in [0.2, 0.25) is 0 Å². The van der Waals surface area contributed by atoms with E-state index < -0.39 is 32.6 Å². The Bertz CT molecular complexity index is 1260. The molecule has 0 fully saturated rings. The van der Waals surface area contributed by atoms with Crippen LogP contribution in [0.5, 0.6) is 0 Å². The lowest BCUT2D eigenvalue weighted by atomic mass is 10.1. The number of carbonyl (C=O) groups is 1. The first-order valence-corrected chi connectivity index (χ1v) is 12.6. The average Bonchev–Trinajstić information content (AvgIpc) is 3.24. The molecule has 0 unspecified atom stereocenters. The summed E-state index contributed by atoms with van der Waals surface area (Å²) in [5.74, 6) is -0.479. The molecular weight excluding hydrogens is 489 g/mol. The molecule has 1 amide bonds. The number of halogens is 3. The summed E-state index contributed by atoms with van der Waals surface area (Å²) in [6.07, 6.45) is -4.44. The van der Waals surface area contributed by atoms with Crippen LogP contribution in [0.25, 0.3) is 10.6 Å². The molecule has 7 nitrogen and oxygen atoms in total. The molecule has 0 saturated heterocycles. The molecule has 0 spiro atoms. The van der Waals surface area contributed by atoms with Gasteiger partial charge in [-0.25, -0.2) is 8.42 Å². The summed E-state index contributed by atoms with van der Waals surface area (Å²) < 4.78 is 66.0. The number of aryl methyl sites for hydroxylation is 1. The SMILES string of the molecule is CCCN(CCC(=O)Nc1nnc(-c2cccc(C)c2)s1)S(=O)(=O)c1cccc(C(F)(F)F)c1. The van der Waals surface area contributed by atoms with E-state index in [9.17, 15) is 26.4 Å². The zero-order chi connectivity index (χ0) is 24.9. The van der Waals surface area contributed by atoms with Gasteiger partial charge in [-0.3, -0.25) is 4.79 Å². The number of anilines is 1. The second kappa shape index (κ2) is 10.6. The zero-order valence-corrected chi connectivity index (χ0v) is 20.1. The number of rotatable bonds is 9. The normalized spacial score (nSPS) is 12.2. The van der Waals surface area contributed by atoms with Gasteiger partial charge in [0.05, 0.1) is 10.5 Å². The average molecular weight is 513 g/mol. The van der Waals surface area contributed by atoms with Crippen molar-refractivity contribution in [1.29, 1.82) is 0 Å². The molecule has 1 aromatic heterocycles. The number of hydrogen-bond donors (Lipinski definition) is 1. The van der Waals surface area contributed by atoms with E-state index in [4.69, 9.17) is 0 Å². The Morgan fingerprint density at radius 1 is 1.09 bits per heavy atom. The van der Waals surface area contributed by atoms with E-state index in [0.717, 1.165) is 33.6 Å². The minimum absolute atomic E-state index is 0.0577. The summed E-state index contributed by atoms with van der Waals surface area (Å²) in [6, 6.07) is 11.2. The summed E-state index contributed by atoms with van der Waals surface area (Å²) in [6.45, 7) is 3.55. The number of aromatic nitrogens is 2. The molecule has 182 valence electrons. The third kappa shape index (κ3) is 6.39. The Balaban J connectivity index is 1.68. The summed E-state index contributed by atoms with van der Waals surface area (Å²) in [7, 11) is -4.22. The van der Waals surface area contributed by atoms with Gasteiger partial charge in [-0.1, -0.05) is 48.1 Å². The topological polar surface area (TPSA) is 92.3 Å². The Morgan fingerprint density at radius 2 is 1.82 bits per heavy atom. The number of alkyl halides is 3. The molecule has 0 aliphatic carbocycles. The van der Waals surface area contributed by atoms with Gasteiger partial charge in [0.1, 0.15) is 5.01 Å². The number of nitrogens with zero attached hydrogens (tertiary/aromatic N) is 3. The first-order valence-electron chi connectivity index (χ1n) is 10.4. The van der Waals surface area contributed by atoms with Crippen molar-refractivity contribution < 1.29 is 26.4 Å². The minimum atomic E-state index is -4.67. The number of benzene rings is 2. The van der Waals surface area contributed by atoms with Crippen molar-refractivity contribution in [3.05, 3.63) is 59.7 Å². The fourth-order valence-corrected chi connectivity index (χ4v) is 5.50. The van der Waals surface area contributed by atoms with E-state index >= 15 is 0 Å². The molecular formula is C22H23F3N4O3S2. The molecule has 34 heavy (non-hydrogen) atoms. The maximum Gasteiger partial charge on any atom is 0.416 e. The fraction of sp³-hybridized carbons (Fsp3) is 0.318. The van der Waals surface area contributed by atoms with Crippen molar-refractivity contribution >= 4 is 32.4 Å². The standard InChI is InChI=1S/C22H23F3N4O3S2/c1-3-11-29(34(31,32)18-9-5-8-17(14-18)22(23,24)25)12-10-19(30)26-21-28-27-20(33-21)16-7-4-6-15(2)13-16/h4-9,13-14H,3,10-12H2,1-2H3,(H,26,28,30). The van der Waals surface area contributed by atoms with Gasteiger partial charge in [-0.05, 0) is 37.6 Å². The lowest BCUT2D eigenvalue weighted by Gasteiger charge is -2.22. The Labute approximate surface area is 199 Å². The molecule has 3 aromatic rings. The molecule has 0 bridgehead atoms. The van der Waals surface area contributed by atoms with Crippen LogP contribution in [0, 0.1) is 6.92 Å². The number of carbonyl (C=O) groups excluding carboxylic acids is 1. The number of sulfonamides is 1. The van der Waals surface area contributed by atoms with Gasteiger partial charge >= 0.3 is 6.18 Å². The van der Waals surface area contributed by atoms with E-state index in [1.807, 2.05) is 31.2 Å². The van der Waals surface area contributed by atoms with E-state index in [0.29, 0.717) is 17.5 Å². The van der Waals surface area contributed by atoms with Gasteiger partial charge in [-0.15, -0.1) is 10.2 Å². The van der Waals surface area contributed by atoms with Gasteiger partial charge in [0, 0.05) is 25.1 Å². The van der Waals surface area contributed by atoms with E-state index in [2.05, 4.69) is 15.5 Å². The number of nitrogens with one attached hydrogen (secondary N) is 1. The molecule has 0 saturated carbocycles. The number of amides is 1. The van der Waals surface area contributed by atoms with Gasteiger partial charge in [0.15, 0.2) is 0 Å². The zero-order valence-electron chi connectivity index (χ0n) is 18.5. The quantitative estimate of drug-likeness (QED) is 0.438. The molecule has 0 atom stereocenters. The third-order valence-corrected chi connectivity index (χ3v) is 7.58. The molecule has 0 aliphatic heterocycles. The van der Waals surface area contributed by atoms with Gasteiger partial charge < -0.3 is 5.32 Å². The highest BCUT2D eigenvalue weighted by Crippen LogP contribution is 2.31. The molecule has 2 aromatic carbocycles. The monoisotopic (exact) mass is 512 g/mol. The van der Waals surface area contributed by atoms with Crippen LogP contribution >= 0.6 is 11.3 Å². The first kappa shape index (κ1) is 25.8. The lowest BCUT2D eigenvalue weighted by Crippen LogP contribution is -2.34. The van der Waals surface area contributed by atoms with Gasteiger partial charge in [0.2, 0.25) is 21.1 Å². The van der Waals surface area contributed by atoms with Crippen LogP contribution in [-0.2, 0) is 21.0 Å². The third-order valence-electron chi connectivity index (χ3n) is 4.80. The second-order valence-electron chi connectivity index (χ2n) is 7.51. The van der Waals surface area contributed by atoms with E-state index in [1.54, 1.807) is 6.92 Å². The molecule has 1 N–H and O–H groups in total. The molecule has 0 aliphatic rings. The van der Waals surface area contributed by atoms with Gasteiger partial charge in [0.25, 0.3) is 0 Å². The van der Waals surface area contributed by atoms with Crippen molar-refractivity contribution in [2.45, 2.75) is 37.8 Å². The lowest BCUT2D eigenvalue weighted by molar-refractivity contribution is -0.137. The van der Waals surface area contributed by atoms with Crippen molar-refractivity contribution in [3.63, 3.8) is 0 Å². The largest absolute Gasteiger partial charge is 0.416 e. The van der Waals surface area contributed by atoms with Crippen LogP contribution in [-0.4, -0.2) is 41.9 Å². The van der Waals surface area contributed by atoms with Crippen molar-refractivity contribution in [2.75, 3.05) is 18.4 Å². The highest BCUT2D eigenvalue weighted by Gasteiger charge is 2.33. The van der Waals surface area contributed by atoms with E-state index in [1.165, 1.54) is 11.3 Å². The smallest absolute Gasteiger partial charge is 0.300 e. The molecule has 3 rings (SSSR count). The van der Waals surface area contributed by atoms with Crippen molar-refractivity contribution in [3.8, 4) is 10.6 Å². The predicted molar refractivity (Wildman–Crippen MR) is 124 cm³/mol. The Morgan fingerprint density at radius 3 is 2.50 bits per heavy atom. The van der Waals surface area contributed by atoms with Crippen LogP contribution in [0.3, 0.4) is 0 Å². The van der Waals surface area contributed by atoms with Crippen LogP contribution in [0.1, 0.15) is 30.9 Å². The Hall–Kier alpha value is -2.83. The summed E-state index contributed by atoms with van der Waals surface area (Å²) >= 11 is 1.18.